The lowest BCUT2D eigenvalue weighted by molar-refractivity contribution is 0.415. The van der Waals surface area contributed by atoms with E-state index >= 15 is 0 Å². The zero-order valence-electron chi connectivity index (χ0n) is 14.4. The van der Waals surface area contributed by atoms with Crippen molar-refractivity contribution in [2.45, 2.75) is 6.16 Å². The van der Waals surface area contributed by atoms with Gasteiger partial charge in [-0.2, -0.15) is 0 Å². The third-order valence-electron chi connectivity index (χ3n) is 4.19. The Kier molecular flexibility index (Phi) is 5.25. The van der Waals surface area contributed by atoms with Crippen LogP contribution >= 0.6 is 7.14 Å². The van der Waals surface area contributed by atoms with Gasteiger partial charge in [0.25, 0.3) is 0 Å². The predicted molar refractivity (Wildman–Crippen MR) is 103 cm³/mol. The Hall–Kier alpha value is -2.51. The fourth-order valence-electron chi connectivity index (χ4n) is 2.84. The third-order valence-corrected chi connectivity index (χ3v) is 7.22. The highest BCUT2D eigenvalue weighted by Gasteiger charge is 2.28. The average molecular weight is 352 g/mol. The molecule has 0 aromatic heterocycles. The van der Waals surface area contributed by atoms with Gasteiger partial charge in [0.15, 0.2) is 0 Å². The predicted octanol–water partition coefficient (Wildman–Crippen LogP) is 4.22. The van der Waals surface area contributed by atoms with E-state index in [9.17, 15) is 4.57 Å². The third kappa shape index (κ3) is 3.78. The van der Waals surface area contributed by atoms with Crippen molar-refractivity contribution in [1.29, 1.82) is 0 Å². The molecule has 0 aliphatic heterocycles. The van der Waals surface area contributed by atoms with Gasteiger partial charge in [-0.15, -0.1) is 0 Å². The molecule has 0 N–H and O–H groups in total. The van der Waals surface area contributed by atoms with Crippen molar-refractivity contribution in [1.82, 2.24) is 0 Å². The zero-order chi connectivity index (χ0) is 17.7. The lowest BCUT2D eigenvalue weighted by Gasteiger charge is -2.20. The highest BCUT2D eigenvalue weighted by atomic mass is 31.2. The standard InChI is InChI=1S/C21H21O3P/c1-23-18-10-6-12-20(14-18)25(22,16-17-8-4-3-5-9-17)21-13-7-11-19(15-21)24-2/h3-15H,16H2,1-2H3. The van der Waals surface area contributed by atoms with Crippen molar-refractivity contribution in [3.05, 3.63) is 84.4 Å². The van der Waals surface area contributed by atoms with E-state index in [0.29, 0.717) is 17.7 Å². The van der Waals surface area contributed by atoms with E-state index in [4.69, 9.17) is 9.47 Å². The Morgan fingerprint density at radius 1 is 0.720 bits per heavy atom. The quantitative estimate of drug-likeness (QED) is 0.623. The lowest BCUT2D eigenvalue weighted by Crippen LogP contribution is -2.18. The summed E-state index contributed by atoms with van der Waals surface area (Å²) in [6.07, 6.45) is 0.453. The first-order valence-corrected chi connectivity index (χ1v) is 9.97. The minimum atomic E-state index is -2.89. The molecule has 25 heavy (non-hydrogen) atoms. The summed E-state index contributed by atoms with van der Waals surface area (Å²) < 4.78 is 24.9. The molecular formula is C21H21O3P. The van der Waals surface area contributed by atoms with Crippen LogP contribution in [0.25, 0.3) is 0 Å². The number of rotatable bonds is 6. The molecule has 0 fully saturated rings. The van der Waals surface area contributed by atoms with E-state index in [-0.39, 0.29) is 0 Å². The molecule has 0 heterocycles. The minimum absolute atomic E-state index is 0.453. The van der Waals surface area contributed by atoms with Crippen LogP contribution in [0.2, 0.25) is 0 Å². The summed E-state index contributed by atoms with van der Waals surface area (Å²) in [4.78, 5) is 0. The van der Waals surface area contributed by atoms with Crippen molar-refractivity contribution in [2.75, 3.05) is 14.2 Å². The van der Waals surface area contributed by atoms with Crippen molar-refractivity contribution in [3.8, 4) is 11.5 Å². The van der Waals surface area contributed by atoms with Crippen LogP contribution in [-0.4, -0.2) is 14.2 Å². The van der Waals surface area contributed by atoms with Gasteiger partial charge in [0.2, 0.25) is 0 Å². The smallest absolute Gasteiger partial charge is 0.147 e. The van der Waals surface area contributed by atoms with E-state index in [1.165, 1.54) is 0 Å². The number of methoxy groups -OCH3 is 2. The van der Waals surface area contributed by atoms with Gasteiger partial charge in [-0.1, -0.05) is 54.6 Å². The monoisotopic (exact) mass is 352 g/mol. The molecule has 0 saturated heterocycles. The van der Waals surface area contributed by atoms with Gasteiger partial charge in [-0.3, -0.25) is 0 Å². The molecule has 3 nitrogen and oxygen atoms in total. The van der Waals surface area contributed by atoms with Crippen LogP contribution in [0, 0.1) is 0 Å². The Balaban J connectivity index is 2.14. The molecule has 3 aromatic carbocycles. The summed E-state index contributed by atoms with van der Waals surface area (Å²) in [6.45, 7) is 0. The van der Waals surface area contributed by atoms with Gasteiger partial charge in [-0.05, 0) is 29.8 Å². The van der Waals surface area contributed by atoms with Crippen LogP contribution < -0.4 is 20.1 Å². The topological polar surface area (TPSA) is 35.5 Å². The van der Waals surface area contributed by atoms with E-state index in [1.54, 1.807) is 14.2 Å². The molecule has 0 saturated carbocycles. The van der Waals surface area contributed by atoms with Gasteiger partial charge < -0.3 is 14.0 Å². The van der Waals surface area contributed by atoms with Gasteiger partial charge in [-0.25, -0.2) is 0 Å². The van der Waals surface area contributed by atoms with Gasteiger partial charge in [0.05, 0.1) is 14.2 Å². The Bertz CT molecular complexity index is 839. The molecule has 0 amide bonds. The average Bonchev–Trinajstić information content (AvgIpc) is 2.68. The second kappa shape index (κ2) is 7.58. The van der Waals surface area contributed by atoms with E-state index in [1.807, 2.05) is 78.9 Å². The molecule has 0 unspecified atom stereocenters. The molecule has 0 aliphatic carbocycles. The summed E-state index contributed by atoms with van der Waals surface area (Å²) in [6, 6.07) is 24.9. The fraction of sp³-hybridized carbons (Fsp3) is 0.143. The van der Waals surface area contributed by atoms with E-state index in [0.717, 1.165) is 16.2 Å². The lowest BCUT2D eigenvalue weighted by atomic mass is 10.2. The summed E-state index contributed by atoms with van der Waals surface area (Å²) >= 11 is 0. The maximum absolute atomic E-state index is 14.2. The first-order chi connectivity index (χ1) is 12.2. The van der Waals surface area contributed by atoms with Gasteiger partial charge >= 0.3 is 0 Å². The number of ether oxygens (including phenoxy) is 2. The van der Waals surface area contributed by atoms with Crippen molar-refractivity contribution >= 4 is 17.8 Å². The largest absolute Gasteiger partial charge is 0.497 e. The highest BCUT2D eigenvalue weighted by Crippen LogP contribution is 2.47. The second-order valence-electron chi connectivity index (χ2n) is 5.79. The normalized spacial score (nSPS) is 11.1. The fourth-order valence-corrected chi connectivity index (χ4v) is 5.56. The molecule has 0 aliphatic rings. The first kappa shape index (κ1) is 17.3. The molecule has 3 aromatic rings. The number of hydrogen-bond donors (Lipinski definition) is 0. The number of benzene rings is 3. The van der Waals surface area contributed by atoms with Crippen LogP contribution in [0.15, 0.2) is 78.9 Å². The minimum Gasteiger partial charge on any atom is -0.497 e. The molecule has 0 atom stereocenters. The summed E-state index contributed by atoms with van der Waals surface area (Å²) in [7, 11) is 0.349. The molecule has 0 radical (unpaired) electrons. The van der Waals surface area contributed by atoms with Gasteiger partial charge in [0, 0.05) is 16.8 Å². The second-order valence-corrected chi connectivity index (χ2v) is 8.61. The molecule has 128 valence electrons. The summed E-state index contributed by atoms with van der Waals surface area (Å²) in [5, 5.41) is 1.56. The molecular weight excluding hydrogens is 331 g/mol. The van der Waals surface area contributed by atoms with Crippen LogP contribution in [0.4, 0.5) is 0 Å². The molecule has 3 rings (SSSR count). The van der Waals surface area contributed by atoms with Crippen LogP contribution in [0.3, 0.4) is 0 Å². The van der Waals surface area contributed by atoms with E-state index < -0.39 is 7.14 Å². The highest BCUT2D eigenvalue weighted by molar-refractivity contribution is 7.78. The maximum atomic E-state index is 14.2. The maximum Gasteiger partial charge on any atom is 0.147 e. The Morgan fingerprint density at radius 2 is 1.24 bits per heavy atom. The summed E-state index contributed by atoms with van der Waals surface area (Å²) in [5.41, 5.74) is 1.04. The van der Waals surface area contributed by atoms with Crippen molar-refractivity contribution in [2.24, 2.45) is 0 Å². The summed E-state index contributed by atoms with van der Waals surface area (Å²) in [5.74, 6) is 1.40. The van der Waals surface area contributed by atoms with Crippen molar-refractivity contribution < 1.29 is 14.0 Å². The SMILES string of the molecule is COc1cccc(P(=O)(Cc2ccccc2)c2cccc(OC)c2)c1. The molecule has 0 bridgehead atoms. The Morgan fingerprint density at radius 3 is 1.72 bits per heavy atom. The van der Waals surface area contributed by atoms with E-state index in [2.05, 4.69) is 0 Å². The zero-order valence-corrected chi connectivity index (χ0v) is 15.3. The first-order valence-electron chi connectivity index (χ1n) is 8.08. The molecule has 0 spiro atoms. The Labute approximate surface area is 148 Å². The number of hydrogen-bond acceptors (Lipinski definition) is 3. The van der Waals surface area contributed by atoms with Crippen molar-refractivity contribution in [3.63, 3.8) is 0 Å². The van der Waals surface area contributed by atoms with Gasteiger partial charge in [0.1, 0.15) is 18.6 Å². The van der Waals surface area contributed by atoms with Crippen LogP contribution in [0.1, 0.15) is 5.56 Å². The molecule has 4 heteroatoms. The van der Waals surface area contributed by atoms with Crippen LogP contribution in [0.5, 0.6) is 11.5 Å². The van der Waals surface area contributed by atoms with Crippen LogP contribution in [-0.2, 0) is 10.7 Å².